The summed E-state index contributed by atoms with van der Waals surface area (Å²) in [5.74, 6) is 0.645. The second kappa shape index (κ2) is 5.14. The highest BCUT2D eigenvalue weighted by Crippen LogP contribution is 2.38. The Bertz CT molecular complexity index is 420. The molecule has 1 atom stereocenters. The van der Waals surface area contributed by atoms with E-state index in [4.69, 9.17) is 5.73 Å². The molecule has 5 nitrogen and oxygen atoms in total. The Kier molecular flexibility index (Phi) is 3.78. The molecule has 7 heteroatoms. The predicted octanol–water partition coefficient (Wildman–Crippen LogP) is 1.16. The molecule has 0 spiro atoms. The molecule has 3 N–H and O–H groups in total. The number of anilines is 2. The van der Waals surface area contributed by atoms with Gasteiger partial charge >= 0.3 is 0 Å². The smallest absolute Gasteiger partial charge is 0.217 e. The average molecular weight is 272 g/mol. The molecule has 0 aliphatic carbocycles. The van der Waals surface area contributed by atoms with Crippen molar-refractivity contribution in [2.24, 2.45) is 0 Å². The van der Waals surface area contributed by atoms with E-state index in [-0.39, 0.29) is 11.9 Å². The molecule has 0 saturated carbocycles. The number of nitrogens with zero attached hydrogens (tertiary/aromatic N) is 2. The summed E-state index contributed by atoms with van der Waals surface area (Å²) in [6, 6.07) is 0.241. The van der Waals surface area contributed by atoms with Crippen molar-refractivity contribution in [1.82, 2.24) is 9.69 Å². The van der Waals surface area contributed by atoms with E-state index in [2.05, 4.69) is 14.6 Å². The number of nitrogens with two attached hydrogens (primary N) is 1. The Labute approximate surface area is 109 Å². The second-order valence-corrected chi connectivity index (χ2v) is 5.61. The fourth-order valence-corrected chi connectivity index (χ4v) is 3.75. The number of aromatic nitrogens is 1. The van der Waals surface area contributed by atoms with Gasteiger partial charge in [0.05, 0.1) is 4.90 Å². The van der Waals surface area contributed by atoms with Gasteiger partial charge in [0.2, 0.25) is 5.91 Å². The maximum atomic E-state index is 11.0. The zero-order valence-corrected chi connectivity index (χ0v) is 11.5. The predicted molar refractivity (Wildman–Crippen MR) is 72.7 cm³/mol. The van der Waals surface area contributed by atoms with E-state index in [9.17, 15) is 4.79 Å². The fraction of sp³-hybridized carbons (Fsp3) is 0.600. The van der Waals surface area contributed by atoms with Crippen molar-refractivity contribution in [3.8, 4) is 0 Å². The molecule has 17 heavy (non-hydrogen) atoms. The first kappa shape index (κ1) is 12.5. The first-order valence-corrected chi connectivity index (χ1v) is 7.42. The van der Waals surface area contributed by atoms with Gasteiger partial charge in [-0.25, -0.2) is 0 Å². The minimum absolute atomic E-state index is 0.0331. The topological polar surface area (TPSA) is 71.2 Å². The van der Waals surface area contributed by atoms with Crippen LogP contribution in [0, 0.1) is 0 Å². The molecule has 1 aromatic rings. The van der Waals surface area contributed by atoms with Crippen LogP contribution in [0.5, 0.6) is 0 Å². The molecule has 0 aromatic carbocycles. The average Bonchev–Trinajstić information content (AvgIpc) is 2.83. The summed E-state index contributed by atoms with van der Waals surface area (Å²) in [6.07, 6.45) is 2.98. The number of carbonyl (C=O) groups is 1. The van der Waals surface area contributed by atoms with Crippen LogP contribution in [0.25, 0.3) is 0 Å². The highest BCUT2D eigenvalue weighted by atomic mass is 32.2. The van der Waals surface area contributed by atoms with Crippen LogP contribution < -0.4 is 16.0 Å². The largest absolute Gasteiger partial charge is 0.382 e. The van der Waals surface area contributed by atoms with Gasteiger partial charge in [0.1, 0.15) is 5.00 Å². The lowest BCUT2D eigenvalue weighted by Gasteiger charge is -2.17. The van der Waals surface area contributed by atoms with Crippen LogP contribution in [0.4, 0.5) is 10.8 Å². The van der Waals surface area contributed by atoms with Gasteiger partial charge in [0.25, 0.3) is 0 Å². The first-order chi connectivity index (χ1) is 8.11. The van der Waals surface area contributed by atoms with Crippen LogP contribution in [0.1, 0.15) is 13.3 Å². The third-order valence-electron chi connectivity index (χ3n) is 2.74. The highest BCUT2D eigenvalue weighted by Gasteiger charge is 2.26. The molecular weight excluding hydrogens is 256 g/mol. The number of hydrogen-bond donors (Lipinski definition) is 2. The lowest BCUT2D eigenvalue weighted by molar-refractivity contribution is -0.119. The third kappa shape index (κ3) is 2.66. The van der Waals surface area contributed by atoms with Crippen molar-refractivity contribution in [1.29, 1.82) is 0 Å². The molecular formula is C10H16N4OS2. The number of rotatable bonds is 3. The first-order valence-electron chi connectivity index (χ1n) is 5.43. The summed E-state index contributed by atoms with van der Waals surface area (Å²) < 4.78 is 4.19. The minimum Gasteiger partial charge on any atom is -0.382 e. The SMILES string of the molecule is CSc1c(N)nsc1N1CCC(NC(C)=O)C1. The number of hydrogen-bond acceptors (Lipinski definition) is 6. The Morgan fingerprint density at radius 1 is 1.71 bits per heavy atom. The van der Waals surface area contributed by atoms with E-state index in [1.54, 1.807) is 18.7 Å². The van der Waals surface area contributed by atoms with E-state index >= 15 is 0 Å². The van der Waals surface area contributed by atoms with Gasteiger partial charge in [-0.2, -0.15) is 4.37 Å². The Balaban J connectivity index is 2.07. The zero-order valence-electron chi connectivity index (χ0n) is 9.90. The number of nitrogens with one attached hydrogen (secondary N) is 1. The lowest BCUT2D eigenvalue weighted by Crippen LogP contribution is -2.35. The summed E-state index contributed by atoms with van der Waals surface area (Å²) >= 11 is 3.06. The number of carbonyl (C=O) groups excluding carboxylic acids is 1. The van der Waals surface area contributed by atoms with Gasteiger partial charge in [-0.05, 0) is 24.2 Å². The van der Waals surface area contributed by atoms with E-state index in [1.165, 1.54) is 11.5 Å². The highest BCUT2D eigenvalue weighted by molar-refractivity contribution is 7.99. The lowest BCUT2D eigenvalue weighted by atomic mass is 10.3. The summed E-state index contributed by atoms with van der Waals surface area (Å²) in [4.78, 5) is 14.3. The molecule has 0 radical (unpaired) electrons. The van der Waals surface area contributed by atoms with Gasteiger partial charge in [0, 0.05) is 26.1 Å². The zero-order chi connectivity index (χ0) is 12.4. The monoisotopic (exact) mass is 272 g/mol. The van der Waals surface area contributed by atoms with Gasteiger partial charge in [-0.3, -0.25) is 4.79 Å². The van der Waals surface area contributed by atoms with Crippen LogP contribution in [-0.4, -0.2) is 35.7 Å². The molecule has 1 fully saturated rings. The van der Waals surface area contributed by atoms with Crippen molar-refractivity contribution < 1.29 is 4.79 Å². The molecule has 1 unspecified atom stereocenters. The van der Waals surface area contributed by atoms with Crippen molar-refractivity contribution in [2.45, 2.75) is 24.3 Å². The van der Waals surface area contributed by atoms with Crippen molar-refractivity contribution in [2.75, 3.05) is 30.0 Å². The summed E-state index contributed by atoms with van der Waals surface area (Å²) in [5.41, 5.74) is 5.82. The summed E-state index contributed by atoms with van der Waals surface area (Å²) in [5, 5.41) is 4.08. The van der Waals surface area contributed by atoms with E-state index in [0.717, 1.165) is 29.4 Å². The van der Waals surface area contributed by atoms with Crippen LogP contribution in [0.2, 0.25) is 0 Å². The van der Waals surface area contributed by atoms with Gasteiger partial charge < -0.3 is 16.0 Å². The fourth-order valence-electron chi connectivity index (χ4n) is 2.03. The molecule has 1 aliphatic heterocycles. The van der Waals surface area contributed by atoms with Crippen LogP contribution >= 0.6 is 23.3 Å². The van der Waals surface area contributed by atoms with Crippen LogP contribution in [0.15, 0.2) is 4.90 Å². The standard InChI is InChI=1S/C10H16N4OS2/c1-6(15)12-7-3-4-14(5-7)10-8(16-2)9(11)13-17-10/h7H,3-5H2,1-2H3,(H2,11,13)(H,12,15). The Morgan fingerprint density at radius 2 is 2.47 bits per heavy atom. The normalized spacial score (nSPS) is 19.6. The van der Waals surface area contributed by atoms with Gasteiger partial charge in [-0.15, -0.1) is 11.8 Å². The molecule has 1 amide bonds. The molecule has 2 heterocycles. The summed E-state index contributed by atoms with van der Waals surface area (Å²) in [6.45, 7) is 3.34. The minimum atomic E-state index is 0.0331. The number of nitrogen functional groups attached to an aromatic ring is 1. The molecule has 0 bridgehead atoms. The molecule has 94 valence electrons. The van der Waals surface area contributed by atoms with Gasteiger partial charge in [0.15, 0.2) is 5.82 Å². The van der Waals surface area contributed by atoms with Crippen LogP contribution in [0.3, 0.4) is 0 Å². The maximum Gasteiger partial charge on any atom is 0.217 e. The van der Waals surface area contributed by atoms with Crippen molar-refractivity contribution in [3.63, 3.8) is 0 Å². The van der Waals surface area contributed by atoms with E-state index in [1.807, 2.05) is 6.26 Å². The van der Waals surface area contributed by atoms with E-state index in [0.29, 0.717) is 5.82 Å². The molecule has 2 rings (SSSR count). The molecule has 1 aromatic heterocycles. The van der Waals surface area contributed by atoms with Crippen molar-refractivity contribution >= 4 is 40.0 Å². The Hall–Kier alpha value is -0.950. The number of thioether (sulfide) groups is 1. The maximum absolute atomic E-state index is 11.0. The van der Waals surface area contributed by atoms with Gasteiger partial charge in [-0.1, -0.05) is 0 Å². The second-order valence-electron chi connectivity index (χ2n) is 4.04. The van der Waals surface area contributed by atoms with Crippen LogP contribution in [-0.2, 0) is 4.79 Å². The third-order valence-corrected chi connectivity index (χ3v) is 4.61. The molecule has 1 aliphatic rings. The van der Waals surface area contributed by atoms with E-state index < -0.39 is 0 Å². The quantitative estimate of drug-likeness (QED) is 0.808. The summed E-state index contributed by atoms with van der Waals surface area (Å²) in [7, 11) is 0. The molecule has 1 saturated heterocycles. The van der Waals surface area contributed by atoms with Crippen molar-refractivity contribution in [3.05, 3.63) is 0 Å². The Morgan fingerprint density at radius 3 is 3.12 bits per heavy atom. The number of amides is 1.